The second kappa shape index (κ2) is 9.44. The molecule has 0 aromatic heterocycles. The first-order chi connectivity index (χ1) is 14.7. The Bertz CT molecular complexity index is 1060. The van der Waals surface area contributed by atoms with Crippen molar-refractivity contribution in [3.63, 3.8) is 0 Å². The van der Waals surface area contributed by atoms with E-state index in [1.54, 1.807) is 41.8 Å². The van der Waals surface area contributed by atoms with Crippen LogP contribution in [0.4, 0.5) is 0 Å². The average Bonchev–Trinajstić information content (AvgIpc) is 3.21. The number of allylic oxidation sites excluding steroid dienone is 2. The minimum atomic E-state index is -2.74. The van der Waals surface area contributed by atoms with Crippen molar-refractivity contribution in [1.82, 2.24) is 0 Å². The fraction of sp³-hybridized carbons (Fsp3) is 0.467. The number of benzene rings is 2. The second-order valence-corrected chi connectivity index (χ2v) is 27.9. The zero-order valence-electron chi connectivity index (χ0n) is 21.4. The van der Waals surface area contributed by atoms with Gasteiger partial charge in [0.25, 0.3) is 0 Å². The Kier molecular flexibility index (Phi) is 7.71. The van der Waals surface area contributed by atoms with Crippen LogP contribution in [0.5, 0.6) is 0 Å². The molecule has 0 amide bonds. The van der Waals surface area contributed by atoms with E-state index < -0.39 is 20.0 Å². The van der Waals surface area contributed by atoms with Gasteiger partial charge in [-0.2, -0.15) is 0 Å². The van der Waals surface area contributed by atoms with Crippen LogP contribution in [0, 0.1) is 39.5 Å². The smallest absolute Gasteiger partial charge is 1.00 e. The molecule has 1 fully saturated rings. The Morgan fingerprint density at radius 2 is 0.939 bits per heavy atom. The second-order valence-electron chi connectivity index (χ2n) is 11.3. The molecule has 2 atom stereocenters. The molecule has 33 heavy (non-hydrogen) atoms. The van der Waals surface area contributed by atoms with E-state index in [0.717, 1.165) is 7.35 Å². The van der Waals surface area contributed by atoms with Crippen molar-refractivity contribution in [2.75, 3.05) is 0 Å². The zero-order chi connectivity index (χ0) is 22.2. The summed E-state index contributed by atoms with van der Waals surface area (Å²) in [5, 5.41) is 0. The molecule has 3 heteroatoms. The molecule has 0 saturated carbocycles. The summed E-state index contributed by atoms with van der Waals surface area (Å²) in [5.74, 6) is 1.28. The molecule has 176 valence electrons. The molecule has 0 nitrogen and oxygen atoms in total. The largest absolute Gasteiger partial charge is 1.00 e. The Morgan fingerprint density at radius 3 is 1.24 bits per heavy atom. The molecular formula is C30H38Cl2Hf. The molecule has 2 aliphatic carbocycles. The zero-order valence-corrected chi connectivity index (χ0v) is 26.5. The van der Waals surface area contributed by atoms with E-state index in [4.69, 9.17) is 0 Å². The SMILES string of the molecule is Cc1ccc(C)c2c1C=C(C(C)C)[CH]2[Hf+2]1([CH]2C(C(C)C)=Cc3c(C)ccc(C)c32)[CH2][CH2]1.[Cl-].[Cl-]. The van der Waals surface area contributed by atoms with Gasteiger partial charge in [-0.3, -0.25) is 0 Å². The van der Waals surface area contributed by atoms with E-state index in [2.05, 4.69) is 91.8 Å². The van der Waals surface area contributed by atoms with Crippen LogP contribution in [0.15, 0.2) is 35.4 Å². The van der Waals surface area contributed by atoms with E-state index in [1.165, 1.54) is 22.3 Å². The molecule has 0 radical (unpaired) electrons. The van der Waals surface area contributed by atoms with Crippen molar-refractivity contribution in [3.05, 3.63) is 79.9 Å². The summed E-state index contributed by atoms with van der Waals surface area (Å²) in [6.45, 7) is 19.2. The van der Waals surface area contributed by atoms with E-state index in [9.17, 15) is 0 Å². The third kappa shape index (κ3) is 3.99. The van der Waals surface area contributed by atoms with Gasteiger partial charge < -0.3 is 24.8 Å². The summed E-state index contributed by atoms with van der Waals surface area (Å²) in [4.78, 5) is 0. The van der Waals surface area contributed by atoms with E-state index in [1.807, 2.05) is 0 Å². The molecule has 0 N–H and O–H groups in total. The maximum absolute atomic E-state index is 2.74. The van der Waals surface area contributed by atoms with Crippen LogP contribution >= 0.6 is 0 Å². The molecule has 2 unspecified atom stereocenters. The van der Waals surface area contributed by atoms with Gasteiger partial charge in [-0.25, -0.2) is 0 Å². The minimum absolute atomic E-state index is 0. The average molecular weight is 648 g/mol. The van der Waals surface area contributed by atoms with Crippen LogP contribution in [-0.2, 0) is 20.0 Å². The van der Waals surface area contributed by atoms with Gasteiger partial charge in [0, 0.05) is 0 Å². The number of halogens is 2. The molecule has 0 spiro atoms. The van der Waals surface area contributed by atoms with Crippen LogP contribution in [-0.4, -0.2) is 0 Å². The predicted molar refractivity (Wildman–Crippen MR) is 133 cm³/mol. The van der Waals surface area contributed by atoms with Crippen LogP contribution in [0.1, 0.15) is 79.6 Å². The summed E-state index contributed by atoms with van der Waals surface area (Å²) in [5.41, 5.74) is 16.2. The topological polar surface area (TPSA) is 0 Å². The fourth-order valence-electron chi connectivity index (χ4n) is 6.82. The number of aryl methyl sites for hydroxylation is 4. The van der Waals surface area contributed by atoms with Crippen LogP contribution in [0.2, 0.25) is 8.35 Å². The van der Waals surface area contributed by atoms with E-state index in [0.29, 0.717) is 11.8 Å². The summed E-state index contributed by atoms with van der Waals surface area (Å²) < 4.78 is 4.69. The van der Waals surface area contributed by atoms with Gasteiger partial charge in [0.05, 0.1) is 0 Å². The van der Waals surface area contributed by atoms with Crippen LogP contribution in [0.3, 0.4) is 0 Å². The third-order valence-corrected chi connectivity index (χ3v) is 27.3. The fourth-order valence-corrected chi connectivity index (χ4v) is 36.3. The van der Waals surface area contributed by atoms with Gasteiger partial charge >= 0.3 is 195 Å². The first kappa shape index (κ1) is 27.0. The molecular weight excluding hydrogens is 610 g/mol. The van der Waals surface area contributed by atoms with Gasteiger partial charge in [-0.1, -0.05) is 0 Å². The molecule has 1 saturated heterocycles. The Balaban J connectivity index is 0.00000153. The maximum atomic E-state index is 2.63. The summed E-state index contributed by atoms with van der Waals surface area (Å²) >= 11 is -2.74. The molecule has 2 aromatic carbocycles. The minimum Gasteiger partial charge on any atom is -1.00 e. The van der Waals surface area contributed by atoms with E-state index in [-0.39, 0.29) is 24.8 Å². The molecule has 1 heterocycles. The molecule has 0 bridgehead atoms. The molecule has 5 rings (SSSR count). The molecule has 3 aliphatic rings. The maximum Gasteiger partial charge on any atom is -1.00 e. The number of hydrogen-bond acceptors (Lipinski definition) is 0. The molecule has 2 aromatic rings. The van der Waals surface area contributed by atoms with E-state index >= 15 is 0 Å². The standard InChI is InChI=1S/2C14H17.C2H4.2ClH.Hf/c2*1-9(2)12-7-13-10(3)5-6-11(4)14(13)8-12;1-2;;;/h2*5-9H,1-4H3;1-2H2;2*1H;/q;;;;;+2/p-2. The predicted octanol–water partition coefficient (Wildman–Crippen LogP) is 2.82. The number of rotatable bonds is 4. The van der Waals surface area contributed by atoms with Crippen molar-refractivity contribution in [2.45, 2.75) is 71.1 Å². The Labute approximate surface area is 218 Å². The van der Waals surface area contributed by atoms with Crippen molar-refractivity contribution < 1.29 is 44.8 Å². The Morgan fingerprint density at radius 1 is 0.606 bits per heavy atom. The first-order valence-corrected chi connectivity index (χ1v) is 21.5. The van der Waals surface area contributed by atoms with Gasteiger partial charge in [-0.15, -0.1) is 0 Å². The normalized spacial score (nSPS) is 20.8. The van der Waals surface area contributed by atoms with Gasteiger partial charge in [0.1, 0.15) is 0 Å². The monoisotopic (exact) mass is 648 g/mol. The quantitative estimate of drug-likeness (QED) is 0.448. The van der Waals surface area contributed by atoms with Crippen molar-refractivity contribution in [1.29, 1.82) is 0 Å². The van der Waals surface area contributed by atoms with Crippen molar-refractivity contribution >= 4 is 12.2 Å². The molecule has 1 aliphatic heterocycles. The summed E-state index contributed by atoms with van der Waals surface area (Å²) in [6, 6.07) is 9.50. The van der Waals surface area contributed by atoms with Gasteiger partial charge in [0.15, 0.2) is 0 Å². The van der Waals surface area contributed by atoms with Gasteiger partial charge in [-0.05, 0) is 0 Å². The summed E-state index contributed by atoms with van der Waals surface area (Å²) in [7, 11) is 0. The number of fused-ring (bicyclic) bond motifs is 2. The Hall–Kier alpha value is -0.630. The third-order valence-electron chi connectivity index (χ3n) is 8.62. The first-order valence-electron chi connectivity index (χ1n) is 12.3. The van der Waals surface area contributed by atoms with Crippen LogP contribution in [0.25, 0.3) is 12.2 Å². The van der Waals surface area contributed by atoms with Crippen molar-refractivity contribution in [2.24, 2.45) is 11.8 Å². The van der Waals surface area contributed by atoms with Crippen LogP contribution < -0.4 is 24.8 Å². The van der Waals surface area contributed by atoms with Crippen molar-refractivity contribution in [3.8, 4) is 0 Å². The number of hydrogen-bond donors (Lipinski definition) is 0. The summed E-state index contributed by atoms with van der Waals surface area (Å²) in [6.07, 6.45) is 5.26. The van der Waals surface area contributed by atoms with Gasteiger partial charge in [0.2, 0.25) is 0 Å².